The van der Waals surface area contributed by atoms with Gasteiger partial charge in [-0.05, 0) is 23.8 Å². The minimum atomic E-state index is -2.91. The molecule has 0 saturated carbocycles. The summed E-state index contributed by atoms with van der Waals surface area (Å²) < 4.78 is 28.5. The standard InChI is InChI=1S/C16H13ClF2N2O4/c1-20(9-10-2-5-12(6-3-10)25-16(18)19)15(22)13-8-11(21(23)24)4-7-14(13)17/h2-8,16H,9H2,1H3. The second-order valence-corrected chi connectivity index (χ2v) is 5.51. The van der Waals surface area contributed by atoms with Crippen LogP contribution in [0.3, 0.4) is 0 Å². The molecule has 0 aliphatic rings. The normalized spacial score (nSPS) is 10.6. The fraction of sp³-hybridized carbons (Fsp3) is 0.188. The van der Waals surface area contributed by atoms with E-state index >= 15 is 0 Å². The van der Waals surface area contributed by atoms with E-state index < -0.39 is 17.4 Å². The third-order valence-corrected chi connectivity index (χ3v) is 3.64. The van der Waals surface area contributed by atoms with Gasteiger partial charge in [-0.1, -0.05) is 23.7 Å². The lowest BCUT2D eigenvalue weighted by molar-refractivity contribution is -0.384. The van der Waals surface area contributed by atoms with E-state index in [9.17, 15) is 23.7 Å². The van der Waals surface area contributed by atoms with E-state index in [0.29, 0.717) is 5.56 Å². The van der Waals surface area contributed by atoms with Gasteiger partial charge >= 0.3 is 6.61 Å². The summed E-state index contributed by atoms with van der Waals surface area (Å²) in [5.74, 6) is -0.490. The number of nitrogens with zero attached hydrogens (tertiary/aromatic N) is 2. The van der Waals surface area contributed by atoms with Crippen LogP contribution in [0.4, 0.5) is 14.5 Å². The molecule has 0 aliphatic carbocycles. The van der Waals surface area contributed by atoms with Crippen molar-refractivity contribution in [2.45, 2.75) is 13.2 Å². The summed E-state index contributed by atoms with van der Waals surface area (Å²) in [6, 6.07) is 9.41. The van der Waals surface area contributed by atoms with Crippen molar-refractivity contribution in [1.82, 2.24) is 4.90 Å². The number of nitro benzene ring substituents is 1. The van der Waals surface area contributed by atoms with Crippen molar-refractivity contribution in [3.05, 3.63) is 68.7 Å². The average Bonchev–Trinajstić information content (AvgIpc) is 2.55. The second kappa shape index (κ2) is 7.89. The number of rotatable bonds is 6. The molecule has 0 N–H and O–H groups in total. The maximum atomic E-state index is 12.5. The molecule has 9 heteroatoms. The van der Waals surface area contributed by atoms with Crippen LogP contribution in [0, 0.1) is 10.1 Å². The molecule has 2 aromatic rings. The zero-order chi connectivity index (χ0) is 18.6. The number of ether oxygens (including phenoxy) is 1. The van der Waals surface area contributed by atoms with E-state index in [0.717, 1.165) is 6.07 Å². The van der Waals surface area contributed by atoms with Crippen LogP contribution in [0.25, 0.3) is 0 Å². The Morgan fingerprint density at radius 1 is 1.28 bits per heavy atom. The lowest BCUT2D eigenvalue weighted by Gasteiger charge is -2.18. The fourth-order valence-corrected chi connectivity index (χ4v) is 2.32. The maximum absolute atomic E-state index is 12.5. The predicted molar refractivity (Wildman–Crippen MR) is 87.0 cm³/mol. The first-order valence-corrected chi connectivity index (χ1v) is 7.39. The predicted octanol–water partition coefficient (Wildman–Crippen LogP) is 4.12. The van der Waals surface area contributed by atoms with Gasteiger partial charge < -0.3 is 9.64 Å². The van der Waals surface area contributed by atoms with Crippen molar-refractivity contribution in [3.63, 3.8) is 0 Å². The van der Waals surface area contributed by atoms with Gasteiger partial charge in [-0.3, -0.25) is 14.9 Å². The first kappa shape index (κ1) is 18.6. The molecule has 0 bridgehead atoms. The zero-order valence-corrected chi connectivity index (χ0v) is 13.7. The molecule has 0 spiro atoms. The van der Waals surface area contributed by atoms with Crippen molar-refractivity contribution < 1.29 is 23.2 Å². The van der Waals surface area contributed by atoms with Gasteiger partial charge in [0.25, 0.3) is 11.6 Å². The van der Waals surface area contributed by atoms with E-state index in [4.69, 9.17) is 11.6 Å². The molecule has 132 valence electrons. The quantitative estimate of drug-likeness (QED) is 0.566. The maximum Gasteiger partial charge on any atom is 0.387 e. The lowest BCUT2D eigenvalue weighted by Crippen LogP contribution is -2.26. The van der Waals surface area contributed by atoms with E-state index in [-0.39, 0.29) is 28.6 Å². The van der Waals surface area contributed by atoms with Crippen molar-refractivity contribution in [2.24, 2.45) is 0 Å². The first-order chi connectivity index (χ1) is 11.8. The number of nitro groups is 1. The van der Waals surface area contributed by atoms with Gasteiger partial charge in [0.2, 0.25) is 0 Å². The van der Waals surface area contributed by atoms with E-state index in [1.807, 2.05) is 0 Å². The summed E-state index contributed by atoms with van der Waals surface area (Å²) in [4.78, 5) is 24.0. The summed E-state index contributed by atoms with van der Waals surface area (Å²) in [7, 11) is 1.50. The minimum absolute atomic E-state index is 0.00876. The van der Waals surface area contributed by atoms with Crippen molar-refractivity contribution in [2.75, 3.05) is 7.05 Å². The van der Waals surface area contributed by atoms with Crippen LogP contribution in [-0.2, 0) is 6.54 Å². The number of non-ortho nitro benzene ring substituents is 1. The molecule has 0 unspecified atom stereocenters. The van der Waals surface area contributed by atoms with Crippen molar-refractivity contribution >= 4 is 23.2 Å². The molecule has 0 aliphatic heterocycles. The molecule has 0 aromatic heterocycles. The topological polar surface area (TPSA) is 72.7 Å². The largest absolute Gasteiger partial charge is 0.435 e. The van der Waals surface area contributed by atoms with Crippen LogP contribution >= 0.6 is 11.6 Å². The Bertz CT molecular complexity index is 784. The van der Waals surface area contributed by atoms with Crippen LogP contribution in [0.5, 0.6) is 5.75 Å². The van der Waals surface area contributed by atoms with Gasteiger partial charge in [0.1, 0.15) is 5.75 Å². The number of carbonyl (C=O) groups excluding carboxylic acids is 1. The number of alkyl halides is 2. The van der Waals surface area contributed by atoms with Gasteiger partial charge in [-0.15, -0.1) is 0 Å². The Hall–Kier alpha value is -2.74. The molecule has 0 fully saturated rings. The molecule has 0 heterocycles. The second-order valence-electron chi connectivity index (χ2n) is 5.10. The van der Waals surface area contributed by atoms with Gasteiger partial charge in [0.15, 0.2) is 0 Å². The van der Waals surface area contributed by atoms with Crippen LogP contribution < -0.4 is 4.74 Å². The van der Waals surface area contributed by atoms with Gasteiger partial charge in [0, 0.05) is 25.7 Å². The van der Waals surface area contributed by atoms with Crippen LogP contribution in [0.2, 0.25) is 5.02 Å². The third-order valence-electron chi connectivity index (χ3n) is 3.31. The Morgan fingerprint density at radius 3 is 2.48 bits per heavy atom. The highest BCUT2D eigenvalue weighted by molar-refractivity contribution is 6.33. The molecule has 0 radical (unpaired) electrons. The zero-order valence-electron chi connectivity index (χ0n) is 13.0. The first-order valence-electron chi connectivity index (χ1n) is 7.01. The third kappa shape index (κ3) is 4.87. The highest BCUT2D eigenvalue weighted by Gasteiger charge is 2.19. The monoisotopic (exact) mass is 370 g/mol. The molecule has 0 atom stereocenters. The molecule has 1 amide bonds. The number of hydrogen-bond acceptors (Lipinski definition) is 4. The number of benzene rings is 2. The number of amides is 1. The summed E-state index contributed by atoms with van der Waals surface area (Å²) in [5, 5.41) is 10.9. The van der Waals surface area contributed by atoms with Crippen molar-refractivity contribution in [3.8, 4) is 5.75 Å². The SMILES string of the molecule is CN(Cc1ccc(OC(F)F)cc1)C(=O)c1cc([N+](=O)[O-])ccc1Cl. The Balaban J connectivity index is 2.12. The summed E-state index contributed by atoms with van der Waals surface area (Å²) >= 11 is 5.95. The van der Waals surface area contributed by atoms with E-state index in [2.05, 4.69) is 4.74 Å². The van der Waals surface area contributed by atoms with Gasteiger partial charge in [0.05, 0.1) is 15.5 Å². The molecule has 6 nitrogen and oxygen atoms in total. The molecule has 2 aromatic carbocycles. The fourth-order valence-electron chi connectivity index (χ4n) is 2.12. The summed E-state index contributed by atoms with van der Waals surface area (Å²) in [6.07, 6.45) is 0. The molecule has 25 heavy (non-hydrogen) atoms. The Labute approximate surface area is 146 Å². The minimum Gasteiger partial charge on any atom is -0.435 e. The van der Waals surface area contributed by atoms with Crippen LogP contribution in [0.1, 0.15) is 15.9 Å². The van der Waals surface area contributed by atoms with Crippen molar-refractivity contribution in [1.29, 1.82) is 0 Å². The van der Waals surface area contributed by atoms with Gasteiger partial charge in [-0.2, -0.15) is 8.78 Å². The van der Waals surface area contributed by atoms with E-state index in [1.165, 1.54) is 48.3 Å². The van der Waals surface area contributed by atoms with Crippen LogP contribution in [0.15, 0.2) is 42.5 Å². The highest BCUT2D eigenvalue weighted by Crippen LogP contribution is 2.24. The average molecular weight is 371 g/mol. The lowest BCUT2D eigenvalue weighted by atomic mass is 10.1. The van der Waals surface area contributed by atoms with Gasteiger partial charge in [-0.25, -0.2) is 0 Å². The van der Waals surface area contributed by atoms with Crippen LogP contribution in [-0.4, -0.2) is 29.4 Å². The number of hydrogen-bond donors (Lipinski definition) is 0. The number of carbonyl (C=O) groups is 1. The smallest absolute Gasteiger partial charge is 0.387 e. The van der Waals surface area contributed by atoms with E-state index in [1.54, 1.807) is 0 Å². The number of halogens is 3. The Morgan fingerprint density at radius 2 is 1.92 bits per heavy atom. The molecular weight excluding hydrogens is 358 g/mol. The molecule has 0 saturated heterocycles. The Kier molecular flexibility index (Phi) is 5.87. The highest BCUT2D eigenvalue weighted by atomic mass is 35.5. The summed E-state index contributed by atoms with van der Waals surface area (Å²) in [5.41, 5.74) is 0.435. The summed E-state index contributed by atoms with van der Waals surface area (Å²) in [6.45, 7) is -2.75. The molecular formula is C16H13ClF2N2O4. The molecule has 2 rings (SSSR count).